The minimum atomic E-state index is 1.23. The van der Waals surface area contributed by atoms with Crippen molar-refractivity contribution in [3.63, 3.8) is 0 Å². The van der Waals surface area contributed by atoms with Gasteiger partial charge in [-0.2, -0.15) is 0 Å². The van der Waals surface area contributed by atoms with Gasteiger partial charge < -0.3 is 8.97 Å². The molecule has 0 aliphatic rings. The van der Waals surface area contributed by atoms with Crippen LogP contribution in [0.3, 0.4) is 0 Å². The van der Waals surface area contributed by atoms with Crippen LogP contribution in [0.4, 0.5) is 0 Å². The molecular formula is C34H74N2+2. The molecule has 0 aromatic carbocycles. The van der Waals surface area contributed by atoms with E-state index < -0.39 is 0 Å². The van der Waals surface area contributed by atoms with Gasteiger partial charge in [0, 0.05) is 0 Å². The monoisotopic (exact) mass is 511 g/mol. The van der Waals surface area contributed by atoms with Crippen LogP contribution in [-0.2, 0) is 0 Å². The predicted octanol–water partition coefficient (Wildman–Crippen LogP) is 10.5. The van der Waals surface area contributed by atoms with Crippen molar-refractivity contribution in [2.75, 3.05) is 54.4 Å². The van der Waals surface area contributed by atoms with E-state index in [-0.39, 0.29) is 0 Å². The summed E-state index contributed by atoms with van der Waals surface area (Å²) in [5.74, 6) is 0. The second kappa shape index (κ2) is 25.2. The summed E-state index contributed by atoms with van der Waals surface area (Å²) >= 11 is 0. The summed E-state index contributed by atoms with van der Waals surface area (Å²) < 4.78 is 2.46. The molecule has 0 aromatic heterocycles. The summed E-state index contributed by atoms with van der Waals surface area (Å²) in [4.78, 5) is 0. The molecule has 0 fully saturated rings. The predicted molar refractivity (Wildman–Crippen MR) is 166 cm³/mol. The third-order valence-electron chi connectivity index (χ3n) is 8.51. The van der Waals surface area contributed by atoms with Crippen LogP contribution in [0.25, 0.3) is 0 Å². The number of unbranched alkanes of at least 4 members (excludes halogenated alkanes) is 21. The molecular weight excluding hydrogens is 436 g/mol. The van der Waals surface area contributed by atoms with Crippen LogP contribution < -0.4 is 0 Å². The van der Waals surface area contributed by atoms with Crippen molar-refractivity contribution in [2.45, 2.75) is 168 Å². The largest absolute Gasteiger partial charge is 0.328 e. The zero-order valence-electron chi connectivity index (χ0n) is 26.7. The van der Waals surface area contributed by atoms with Crippen LogP contribution in [0.2, 0.25) is 0 Å². The molecule has 0 rings (SSSR count). The Bertz CT molecular complexity index is 429. The Kier molecular flexibility index (Phi) is 25.2. The number of hydrogen-bond acceptors (Lipinski definition) is 0. The van der Waals surface area contributed by atoms with E-state index in [1.807, 2.05) is 0 Å². The number of rotatable bonds is 29. The van der Waals surface area contributed by atoms with E-state index in [0.717, 1.165) is 0 Å². The van der Waals surface area contributed by atoms with Crippen LogP contribution >= 0.6 is 0 Å². The van der Waals surface area contributed by atoms with Crippen molar-refractivity contribution < 1.29 is 8.97 Å². The van der Waals surface area contributed by atoms with Crippen LogP contribution in [0.15, 0.2) is 0 Å². The average molecular weight is 511 g/mol. The van der Waals surface area contributed by atoms with Gasteiger partial charge in [-0.25, -0.2) is 0 Å². The molecule has 0 amide bonds. The molecule has 0 saturated heterocycles. The van der Waals surface area contributed by atoms with Gasteiger partial charge in [-0.1, -0.05) is 117 Å². The van der Waals surface area contributed by atoms with Crippen molar-refractivity contribution in [3.8, 4) is 0 Å². The first-order chi connectivity index (χ1) is 17.3. The second-order valence-electron chi connectivity index (χ2n) is 13.5. The van der Waals surface area contributed by atoms with Gasteiger partial charge in [0.05, 0.1) is 54.4 Å². The normalized spacial score (nSPS) is 12.5. The SMILES string of the molecule is CCCCCCCCCCCCCCCCCC[N+](C)(C)CCCCCC[N+](C)(C)CCCCCC. The second-order valence-corrected chi connectivity index (χ2v) is 13.5. The van der Waals surface area contributed by atoms with E-state index in [1.54, 1.807) is 0 Å². The van der Waals surface area contributed by atoms with Crippen molar-refractivity contribution in [1.82, 2.24) is 0 Å². The van der Waals surface area contributed by atoms with E-state index in [1.165, 1.54) is 189 Å². The zero-order valence-corrected chi connectivity index (χ0v) is 26.7. The van der Waals surface area contributed by atoms with E-state index in [2.05, 4.69) is 42.0 Å². The quantitative estimate of drug-likeness (QED) is 0.0693. The molecule has 2 heteroatoms. The first kappa shape index (κ1) is 35.9. The van der Waals surface area contributed by atoms with E-state index in [4.69, 9.17) is 0 Å². The van der Waals surface area contributed by atoms with Gasteiger partial charge in [0.15, 0.2) is 0 Å². The lowest BCUT2D eigenvalue weighted by atomic mass is 10.0. The standard InChI is InChI=1S/C34H74N2/c1-7-9-11-13-14-15-16-17-18-19-20-21-22-23-24-28-32-36(5,6)34-30-26-25-29-33-35(3,4)31-27-12-10-8-2/h7-34H2,1-6H3/q+2. The van der Waals surface area contributed by atoms with E-state index in [0.29, 0.717) is 0 Å². The fourth-order valence-corrected chi connectivity index (χ4v) is 5.71. The van der Waals surface area contributed by atoms with Crippen LogP contribution in [0, 0.1) is 0 Å². The fraction of sp³-hybridized carbons (Fsp3) is 1.00. The molecule has 218 valence electrons. The molecule has 0 unspecified atom stereocenters. The Balaban J connectivity index is 3.44. The minimum absolute atomic E-state index is 1.23. The topological polar surface area (TPSA) is 0 Å². The van der Waals surface area contributed by atoms with Gasteiger partial charge >= 0.3 is 0 Å². The highest BCUT2D eigenvalue weighted by molar-refractivity contribution is 4.51. The lowest BCUT2D eigenvalue weighted by Crippen LogP contribution is -2.41. The summed E-state index contributed by atoms with van der Waals surface area (Å²) in [5, 5.41) is 0. The van der Waals surface area contributed by atoms with Crippen LogP contribution in [0.1, 0.15) is 168 Å². The summed E-state index contributed by atoms with van der Waals surface area (Å²) in [6.45, 7) is 10.1. The molecule has 0 heterocycles. The molecule has 0 aromatic rings. The molecule has 0 spiro atoms. The van der Waals surface area contributed by atoms with Crippen molar-refractivity contribution >= 4 is 0 Å². The van der Waals surface area contributed by atoms with Gasteiger partial charge in [-0.05, 0) is 51.4 Å². The van der Waals surface area contributed by atoms with E-state index >= 15 is 0 Å². The van der Waals surface area contributed by atoms with Crippen molar-refractivity contribution in [3.05, 3.63) is 0 Å². The smallest absolute Gasteiger partial charge is 0.0782 e. The molecule has 36 heavy (non-hydrogen) atoms. The Morgan fingerprint density at radius 2 is 0.417 bits per heavy atom. The Labute approximate surface area is 231 Å². The summed E-state index contributed by atoms with van der Waals surface area (Å²) in [5.41, 5.74) is 0. The highest BCUT2D eigenvalue weighted by Crippen LogP contribution is 2.15. The molecule has 0 aliphatic heterocycles. The fourth-order valence-electron chi connectivity index (χ4n) is 5.71. The van der Waals surface area contributed by atoms with Gasteiger partial charge in [-0.15, -0.1) is 0 Å². The molecule has 0 N–H and O–H groups in total. The summed E-state index contributed by atoms with van der Waals surface area (Å²) in [7, 11) is 9.79. The third kappa shape index (κ3) is 27.0. The molecule has 0 saturated carbocycles. The Morgan fingerprint density at radius 3 is 0.639 bits per heavy atom. The summed E-state index contributed by atoms with van der Waals surface area (Å²) in [6.07, 6.45) is 34.7. The third-order valence-corrected chi connectivity index (χ3v) is 8.51. The first-order valence-electron chi connectivity index (χ1n) is 17.0. The lowest BCUT2D eigenvalue weighted by molar-refractivity contribution is -0.891. The van der Waals surface area contributed by atoms with Crippen molar-refractivity contribution in [2.24, 2.45) is 0 Å². The molecule has 0 aliphatic carbocycles. The van der Waals surface area contributed by atoms with Crippen LogP contribution in [-0.4, -0.2) is 63.3 Å². The molecule has 0 radical (unpaired) electrons. The van der Waals surface area contributed by atoms with Crippen LogP contribution in [0.5, 0.6) is 0 Å². The number of quaternary nitrogens is 2. The maximum absolute atomic E-state index is 2.46. The average Bonchev–Trinajstić information content (AvgIpc) is 2.83. The highest BCUT2D eigenvalue weighted by Gasteiger charge is 2.15. The maximum atomic E-state index is 2.46. The number of nitrogens with zero attached hydrogens (tertiary/aromatic N) is 2. The first-order valence-corrected chi connectivity index (χ1v) is 17.0. The maximum Gasteiger partial charge on any atom is 0.0782 e. The van der Waals surface area contributed by atoms with Gasteiger partial charge in [0.1, 0.15) is 0 Å². The lowest BCUT2D eigenvalue weighted by Gasteiger charge is -2.31. The molecule has 0 bridgehead atoms. The minimum Gasteiger partial charge on any atom is -0.328 e. The highest BCUT2D eigenvalue weighted by atomic mass is 15.3. The Morgan fingerprint density at radius 1 is 0.250 bits per heavy atom. The molecule has 2 nitrogen and oxygen atoms in total. The van der Waals surface area contributed by atoms with Gasteiger partial charge in [-0.3, -0.25) is 0 Å². The molecule has 0 atom stereocenters. The van der Waals surface area contributed by atoms with Gasteiger partial charge in [0.2, 0.25) is 0 Å². The number of hydrogen-bond donors (Lipinski definition) is 0. The summed E-state index contributed by atoms with van der Waals surface area (Å²) in [6, 6.07) is 0. The van der Waals surface area contributed by atoms with Crippen molar-refractivity contribution in [1.29, 1.82) is 0 Å². The van der Waals surface area contributed by atoms with E-state index in [9.17, 15) is 0 Å². The zero-order chi connectivity index (χ0) is 26.8. The van der Waals surface area contributed by atoms with Gasteiger partial charge in [0.25, 0.3) is 0 Å². The Hall–Kier alpha value is -0.0800.